The predicted molar refractivity (Wildman–Crippen MR) is 131 cm³/mol. The summed E-state index contributed by atoms with van der Waals surface area (Å²) in [5.74, 6) is -1.98. The molecule has 3 rings (SSSR count). The highest BCUT2D eigenvalue weighted by Crippen LogP contribution is 2.37. The summed E-state index contributed by atoms with van der Waals surface area (Å²) in [6.07, 6.45) is 5.58. The van der Waals surface area contributed by atoms with Crippen LogP contribution in [0, 0.1) is 0 Å². The first-order valence-electron chi connectivity index (χ1n) is 12.3. The lowest BCUT2D eigenvalue weighted by Gasteiger charge is -2.31. The lowest BCUT2D eigenvalue weighted by Crippen LogP contribution is -2.48. The number of hydrogen-bond donors (Lipinski definition) is 3. The Kier molecular flexibility index (Phi) is 9.67. The zero-order valence-corrected chi connectivity index (χ0v) is 21.9. The number of nitrogens with zero attached hydrogens (tertiary/aromatic N) is 1. The van der Waals surface area contributed by atoms with Crippen LogP contribution in [0.3, 0.4) is 0 Å². The fraction of sp³-hybridized carbons (Fsp3) is 0.708. The minimum absolute atomic E-state index is 0.0442. The van der Waals surface area contributed by atoms with Crippen molar-refractivity contribution in [3.05, 3.63) is 23.9 Å². The number of carboxylic acids is 1. The van der Waals surface area contributed by atoms with Crippen molar-refractivity contribution in [3.63, 3.8) is 0 Å². The van der Waals surface area contributed by atoms with Crippen LogP contribution in [0.1, 0.15) is 64.4 Å². The molecule has 0 spiro atoms. The second-order valence-electron chi connectivity index (χ2n) is 10.3. The Labute approximate surface area is 212 Å². The van der Waals surface area contributed by atoms with Crippen molar-refractivity contribution < 1.29 is 37.3 Å². The number of aliphatic carboxylic acids is 1. The molecule has 0 amide bonds. The molecule has 0 aromatic carbocycles. The van der Waals surface area contributed by atoms with Gasteiger partial charge in [0.05, 0.1) is 12.7 Å². The summed E-state index contributed by atoms with van der Waals surface area (Å²) in [5, 5.41) is 12.2. The molecule has 1 saturated carbocycles. The van der Waals surface area contributed by atoms with Crippen molar-refractivity contribution in [1.29, 1.82) is 0 Å². The highest BCUT2D eigenvalue weighted by molar-refractivity contribution is 7.90. The SMILES string of the molecule is CC(C)(C)OC(=O)CS(=O)(=O)N[C@H]1CCN[C@H]1COC1CCC(c2cccnc2OCC(=O)O)CC1. The first-order valence-corrected chi connectivity index (χ1v) is 13.9. The fourth-order valence-electron chi connectivity index (χ4n) is 4.63. The number of esters is 1. The molecule has 0 radical (unpaired) electrons. The van der Waals surface area contributed by atoms with Crippen LogP contribution < -0.4 is 14.8 Å². The van der Waals surface area contributed by atoms with Gasteiger partial charge in [0.2, 0.25) is 15.9 Å². The molecule has 202 valence electrons. The largest absolute Gasteiger partial charge is 0.479 e. The summed E-state index contributed by atoms with van der Waals surface area (Å²) in [7, 11) is -3.84. The van der Waals surface area contributed by atoms with Gasteiger partial charge in [-0.1, -0.05) is 6.07 Å². The summed E-state index contributed by atoms with van der Waals surface area (Å²) < 4.78 is 44.2. The van der Waals surface area contributed by atoms with Crippen molar-refractivity contribution in [3.8, 4) is 5.88 Å². The molecule has 2 atom stereocenters. The average molecular weight is 528 g/mol. The van der Waals surface area contributed by atoms with Crippen LogP contribution in [0.25, 0.3) is 0 Å². The Morgan fingerprint density at radius 2 is 1.92 bits per heavy atom. The number of rotatable bonds is 11. The average Bonchev–Trinajstić information content (AvgIpc) is 3.21. The molecule has 1 saturated heterocycles. The molecule has 3 N–H and O–H groups in total. The maximum Gasteiger partial charge on any atom is 0.341 e. The van der Waals surface area contributed by atoms with Gasteiger partial charge in [-0.25, -0.2) is 22.9 Å². The summed E-state index contributed by atoms with van der Waals surface area (Å²) >= 11 is 0. The lowest BCUT2D eigenvalue weighted by atomic mass is 9.83. The van der Waals surface area contributed by atoms with Crippen LogP contribution in [-0.4, -0.2) is 79.7 Å². The molecule has 11 nitrogen and oxygen atoms in total. The number of ether oxygens (including phenoxy) is 3. The van der Waals surface area contributed by atoms with Gasteiger partial charge in [0, 0.05) is 23.8 Å². The highest BCUT2D eigenvalue weighted by atomic mass is 32.2. The number of carboxylic acid groups (broad SMARTS) is 1. The fourth-order valence-corrected chi connectivity index (χ4v) is 5.82. The van der Waals surface area contributed by atoms with E-state index >= 15 is 0 Å². The molecule has 0 unspecified atom stereocenters. The molecule has 1 aromatic heterocycles. The quantitative estimate of drug-likeness (QED) is 0.362. The highest BCUT2D eigenvalue weighted by Gasteiger charge is 2.33. The Morgan fingerprint density at radius 1 is 1.19 bits per heavy atom. The second kappa shape index (κ2) is 12.3. The molecule has 0 bridgehead atoms. The van der Waals surface area contributed by atoms with Crippen LogP contribution in [0.5, 0.6) is 5.88 Å². The third kappa shape index (κ3) is 8.99. The predicted octanol–water partition coefficient (Wildman–Crippen LogP) is 1.58. The van der Waals surface area contributed by atoms with Crippen LogP contribution in [-0.2, 0) is 29.1 Å². The number of carbonyl (C=O) groups excluding carboxylic acids is 1. The number of hydrogen-bond acceptors (Lipinski definition) is 9. The molecular weight excluding hydrogens is 490 g/mol. The summed E-state index contributed by atoms with van der Waals surface area (Å²) in [6, 6.07) is 3.19. The standard InChI is InChI=1S/C24H37N3O8S/c1-24(2,3)35-22(30)15-36(31,32)27-19-10-12-25-20(19)13-33-17-8-6-16(7-9-17)18-5-4-11-26-23(18)34-14-21(28)29/h4-5,11,16-17,19-20,25,27H,6-10,12-15H2,1-3H3,(H,28,29)/t16?,17?,19-,20-/m0/s1. The minimum atomic E-state index is -3.84. The second-order valence-corrected chi connectivity index (χ2v) is 12.1. The van der Waals surface area contributed by atoms with E-state index < -0.39 is 39.9 Å². The first-order chi connectivity index (χ1) is 16.9. The van der Waals surface area contributed by atoms with Gasteiger partial charge in [-0.05, 0) is 71.4 Å². The molecular formula is C24H37N3O8S. The zero-order chi connectivity index (χ0) is 26.3. The Balaban J connectivity index is 1.46. The van der Waals surface area contributed by atoms with Crippen molar-refractivity contribution in [2.24, 2.45) is 0 Å². The van der Waals surface area contributed by atoms with Crippen molar-refractivity contribution >= 4 is 22.0 Å². The van der Waals surface area contributed by atoms with E-state index in [0.29, 0.717) is 25.5 Å². The number of sulfonamides is 1. The van der Waals surface area contributed by atoms with Gasteiger partial charge in [-0.15, -0.1) is 0 Å². The van der Waals surface area contributed by atoms with Gasteiger partial charge in [-0.3, -0.25) is 4.79 Å². The maximum atomic E-state index is 12.5. The van der Waals surface area contributed by atoms with E-state index in [-0.39, 0.29) is 24.1 Å². The molecule has 12 heteroatoms. The maximum absolute atomic E-state index is 12.5. The molecule has 1 aromatic rings. The van der Waals surface area contributed by atoms with E-state index in [4.69, 9.17) is 19.3 Å². The zero-order valence-electron chi connectivity index (χ0n) is 21.1. The van der Waals surface area contributed by atoms with Gasteiger partial charge in [0.1, 0.15) is 5.60 Å². The monoisotopic (exact) mass is 527 g/mol. The van der Waals surface area contributed by atoms with E-state index in [1.165, 1.54) is 0 Å². The third-order valence-electron chi connectivity index (χ3n) is 6.16. The van der Waals surface area contributed by atoms with Crippen LogP contribution in [0.2, 0.25) is 0 Å². The minimum Gasteiger partial charge on any atom is -0.479 e. The lowest BCUT2D eigenvalue weighted by molar-refractivity contribution is -0.151. The van der Waals surface area contributed by atoms with E-state index in [1.807, 2.05) is 12.1 Å². The molecule has 2 heterocycles. The topological polar surface area (TPSA) is 153 Å². The number of nitrogens with one attached hydrogen (secondary N) is 2. The van der Waals surface area contributed by atoms with Gasteiger partial charge in [0.15, 0.2) is 12.4 Å². The van der Waals surface area contributed by atoms with Crippen LogP contribution in [0.4, 0.5) is 0 Å². The molecule has 36 heavy (non-hydrogen) atoms. The number of aromatic nitrogens is 1. The summed E-state index contributed by atoms with van der Waals surface area (Å²) in [4.78, 5) is 27.0. The molecule has 1 aliphatic heterocycles. The van der Waals surface area contributed by atoms with Crippen molar-refractivity contribution in [1.82, 2.24) is 15.0 Å². The van der Waals surface area contributed by atoms with E-state index in [9.17, 15) is 18.0 Å². The van der Waals surface area contributed by atoms with Gasteiger partial charge < -0.3 is 24.6 Å². The molecule has 2 fully saturated rings. The van der Waals surface area contributed by atoms with E-state index in [0.717, 1.165) is 31.2 Å². The van der Waals surface area contributed by atoms with Gasteiger partial charge in [0.25, 0.3) is 0 Å². The number of carbonyl (C=O) groups is 2. The summed E-state index contributed by atoms with van der Waals surface area (Å²) in [6.45, 7) is 5.65. The van der Waals surface area contributed by atoms with Gasteiger partial charge >= 0.3 is 11.9 Å². The Bertz CT molecular complexity index is 1000. The third-order valence-corrected chi connectivity index (χ3v) is 7.44. The van der Waals surface area contributed by atoms with Gasteiger partial charge in [-0.2, -0.15) is 0 Å². The molecule has 1 aliphatic carbocycles. The summed E-state index contributed by atoms with van der Waals surface area (Å²) in [5.41, 5.74) is 0.162. The van der Waals surface area contributed by atoms with Crippen molar-refractivity contribution in [2.45, 2.75) is 82.6 Å². The van der Waals surface area contributed by atoms with E-state index in [2.05, 4.69) is 15.0 Å². The first kappa shape index (κ1) is 28.3. The van der Waals surface area contributed by atoms with Crippen LogP contribution in [0.15, 0.2) is 18.3 Å². The molecule has 2 aliphatic rings. The van der Waals surface area contributed by atoms with Crippen molar-refractivity contribution in [2.75, 3.05) is 25.5 Å². The smallest absolute Gasteiger partial charge is 0.341 e. The number of pyridine rings is 1. The van der Waals surface area contributed by atoms with Crippen LogP contribution >= 0.6 is 0 Å². The Morgan fingerprint density at radius 3 is 2.58 bits per heavy atom. The normalized spacial score (nSPS) is 24.9. The van der Waals surface area contributed by atoms with E-state index in [1.54, 1.807) is 27.0 Å². The Hall–Kier alpha value is -2.28.